The zero-order valence-corrected chi connectivity index (χ0v) is 13.1. The van der Waals surface area contributed by atoms with Gasteiger partial charge in [0.25, 0.3) is 5.69 Å². The van der Waals surface area contributed by atoms with Gasteiger partial charge >= 0.3 is 0 Å². The number of anilines is 1. The van der Waals surface area contributed by atoms with Crippen molar-refractivity contribution in [2.75, 3.05) is 5.73 Å². The van der Waals surface area contributed by atoms with Crippen molar-refractivity contribution in [1.29, 1.82) is 5.26 Å². The third-order valence-electron chi connectivity index (χ3n) is 3.75. The van der Waals surface area contributed by atoms with Crippen molar-refractivity contribution in [3.63, 3.8) is 0 Å². The Morgan fingerprint density at radius 1 is 1.08 bits per heavy atom. The van der Waals surface area contributed by atoms with Crippen LogP contribution in [0.5, 0.6) is 0 Å². The first-order valence-electron chi connectivity index (χ1n) is 7.32. The molecule has 1 aromatic heterocycles. The summed E-state index contributed by atoms with van der Waals surface area (Å²) in [6.45, 7) is 0. The lowest BCUT2D eigenvalue weighted by Gasteiger charge is -2.11. The molecule has 0 spiro atoms. The van der Waals surface area contributed by atoms with Crippen LogP contribution < -0.4 is 5.73 Å². The first kappa shape index (κ1) is 17.0. The van der Waals surface area contributed by atoms with Crippen molar-refractivity contribution in [3.8, 4) is 28.5 Å². The van der Waals surface area contributed by atoms with Gasteiger partial charge in [0, 0.05) is 17.2 Å². The summed E-state index contributed by atoms with van der Waals surface area (Å²) in [5.41, 5.74) is 5.47. The van der Waals surface area contributed by atoms with Crippen LogP contribution in [0.25, 0.3) is 22.4 Å². The molecular formula is C18H10F2N4O2. The molecule has 6 nitrogen and oxygen atoms in total. The number of pyridine rings is 1. The number of nitrogens with zero attached hydrogens (tertiary/aromatic N) is 3. The van der Waals surface area contributed by atoms with Crippen LogP contribution in [0.15, 0.2) is 48.5 Å². The monoisotopic (exact) mass is 352 g/mol. The highest BCUT2D eigenvalue weighted by Crippen LogP contribution is 2.35. The highest BCUT2D eigenvalue weighted by molar-refractivity contribution is 5.82. The standard InChI is InChI=1S/C18H10F2N4O2/c19-10-5-6-15(20)13(7-10)12-8-16(23-18(22)14(12)9-21)11-3-1-2-4-17(11)24(25)26/h1-8H,(H2,22,23). The fraction of sp³-hybridized carbons (Fsp3) is 0. The molecule has 0 aliphatic carbocycles. The second-order valence-corrected chi connectivity index (χ2v) is 5.33. The number of hydrogen-bond acceptors (Lipinski definition) is 5. The Morgan fingerprint density at radius 3 is 2.50 bits per heavy atom. The minimum Gasteiger partial charge on any atom is -0.383 e. The van der Waals surface area contributed by atoms with Crippen LogP contribution >= 0.6 is 0 Å². The number of rotatable bonds is 3. The van der Waals surface area contributed by atoms with E-state index in [-0.39, 0.29) is 39.5 Å². The van der Waals surface area contributed by atoms with Gasteiger partial charge in [0.05, 0.1) is 16.2 Å². The summed E-state index contributed by atoms with van der Waals surface area (Å²) in [5, 5.41) is 20.6. The average Bonchev–Trinajstić information content (AvgIpc) is 2.63. The van der Waals surface area contributed by atoms with Gasteiger partial charge in [0.2, 0.25) is 0 Å². The molecule has 2 N–H and O–H groups in total. The molecule has 0 unspecified atom stereocenters. The Kier molecular flexibility index (Phi) is 4.29. The molecule has 8 heteroatoms. The molecule has 0 aliphatic heterocycles. The van der Waals surface area contributed by atoms with E-state index >= 15 is 0 Å². The largest absolute Gasteiger partial charge is 0.383 e. The molecule has 0 atom stereocenters. The van der Waals surface area contributed by atoms with E-state index in [1.165, 1.54) is 24.3 Å². The summed E-state index contributed by atoms with van der Waals surface area (Å²) in [7, 11) is 0. The van der Waals surface area contributed by atoms with Crippen LogP contribution in [-0.2, 0) is 0 Å². The lowest BCUT2D eigenvalue weighted by Crippen LogP contribution is -2.02. The van der Waals surface area contributed by atoms with Crippen LogP contribution in [-0.4, -0.2) is 9.91 Å². The molecule has 26 heavy (non-hydrogen) atoms. The highest BCUT2D eigenvalue weighted by Gasteiger charge is 2.21. The maximum absolute atomic E-state index is 14.2. The van der Waals surface area contributed by atoms with Crippen LogP contribution in [0.2, 0.25) is 0 Å². The Balaban J connectivity index is 2.33. The maximum Gasteiger partial charge on any atom is 0.278 e. The Bertz CT molecular complexity index is 1080. The molecule has 0 saturated heterocycles. The number of nitro groups is 1. The SMILES string of the molecule is N#Cc1c(-c2cc(F)ccc2F)cc(-c2ccccc2[N+](=O)[O-])nc1N. The highest BCUT2D eigenvalue weighted by atomic mass is 19.1. The van der Waals surface area contributed by atoms with Crippen molar-refractivity contribution < 1.29 is 13.7 Å². The minimum atomic E-state index is -0.762. The van der Waals surface area contributed by atoms with Crippen LogP contribution in [0.3, 0.4) is 0 Å². The number of nitro benzene ring substituents is 1. The number of halogens is 2. The zero-order valence-electron chi connectivity index (χ0n) is 13.1. The van der Waals surface area contributed by atoms with Crippen molar-refractivity contribution in [2.45, 2.75) is 0 Å². The third kappa shape index (κ3) is 2.93. The summed E-state index contributed by atoms with van der Waals surface area (Å²) in [5.74, 6) is -1.70. The van der Waals surface area contributed by atoms with Gasteiger partial charge < -0.3 is 5.73 Å². The topological polar surface area (TPSA) is 106 Å². The smallest absolute Gasteiger partial charge is 0.278 e. The average molecular weight is 352 g/mol. The molecule has 0 aliphatic rings. The van der Waals surface area contributed by atoms with Gasteiger partial charge in [-0.05, 0) is 30.3 Å². The second-order valence-electron chi connectivity index (χ2n) is 5.33. The van der Waals surface area contributed by atoms with Gasteiger partial charge in [0.15, 0.2) is 0 Å². The Labute approximate surface area is 146 Å². The predicted octanol–water partition coefficient (Wildman–Crippen LogP) is 4.06. The van der Waals surface area contributed by atoms with E-state index in [0.29, 0.717) is 0 Å². The van der Waals surface area contributed by atoms with Crippen molar-refractivity contribution in [2.24, 2.45) is 0 Å². The van der Waals surface area contributed by atoms with Crippen molar-refractivity contribution in [1.82, 2.24) is 4.98 Å². The van der Waals surface area contributed by atoms with Gasteiger partial charge in [-0.15, -0.1) is 0 Å². The van der Waals surface area contributed by atoms with Crippen molar-refractivity contribution in [3.05, 3.63) is 75.8 Å². The molecule has 0 amide bonds. The fourth-order valence-corrected chi connectivity index (χ4v) is 2.59. The van der Waals surface area contributed by atoms with E-state index in [0.717, 1.165) is 18.2 Å². The summed E-state index contributed by atoms with van der Waals surface area (Å²) in [6.07, 6.45) is 0. The quantitative estimate of drug-likeness (QED) is 0.565. The number of benzene rings is 2. The van der Waals surface area contributed by atoms with Crippen LogP contribution in [0.4, 0.5) is 20.3 Å². The molecule has 0 fully saturated rings. The lowest BCUT2D eigenvalue weighted by atomic mass is 9.97. The number of nitriles is 1. The summed E-state index contributed by atoms with van der Waals surface area (Å²) in [4.78, 5) is 14.7. The number of nitrogen functional groups attached to an aromatic ring is 1. The molecule has 3 rings (SSSR count). The summed E-state index contributed by atoms with van der Waals surface area (Å²) >= 11 is 0. The molecule has 0 radical (unpaired) electrons. The number of aromatic nitrogens is 1. The molecular weight excluding hydrogens is 342 g/mol. The van der Waals surface area contributed by atoms with Crippen LogP contribution in [0, 0.1) is 33.1 Å². The van der Waals surface area contributed by atoms with Crippen molar-refractivity contribution >= 4 is 11.5 Å². The fourth-order valence-electron chi connectivity index (χ4n) is 2.59. The normalized spacial score (nSPS) is 10.3. The number of para-hydroxylation sites is 1. The first-order chi connectivity index (χ1) is 12.4. The molecule has 3 aromatic rings. The van der Waals surface area contributed by atoms with E-state index in [2.05, 4.69) is 4.98 Å². The Morgan fingerprint density at radius 2 is 1.81 bits per heavy atom. The van der Waals surface area contributed by atoms with E-state index in [1.807, 2.05) is 6.07 Å². The molecule has 0 bridgehead atoms. The molecule has 128 valence electrons. The van der Waals surface area contributed by atoms with E-state index in [9.17, 15) is 24.2 Å². The van der Waals surface area contributed by atoms with E-state index in [4.69, 9.17) is 5.73 Å². The minimum absolute atomic E-state index is 0.00477. The molecule has 2 aromatic carbocycles. The maximum atomic E-state index is 14.2. The van der Waals surface area contributed by atoms with E-state index in [1.54, 1.807) is 6.07 Å². The Hall–Kier alpha value is -3.86. The number of nitrogens with two attached hydrogens (primary N) is 1. The van der Waals surface area contributed by atoms with Gasteiger partial charge in [-0.25, -0.2) is 13.8 Å². The van der Waals surface area contributed by atoms with Gasteiger partial charge in [0.1, 0.15) is 29.1 Å². The zero-order chi connectivity index (χ0) is 18.8. The second kappa shape index (κ2) is 6.57. The predicted molar refractivity (Wildman–Crippen MR) is 90.8 cm³/mol. The lowest BCUT2D eigenvalue weighted by molar-refractivity contribution is -0.384. The van der Waals surface area contributed by atoms with Gasteiger partial charge in [-0.3, -0.25) is 10.1 Å². The van der Waals surface area contributed by atoms with E-state index < -0.39 is 16.6 Å². The van der Waals surface area contributed by atoms with Gasteiger partial charge in [-0.2, -0.15) is 5.26 Å². The first-order valence-corrected chi connectivity index (χ1v) is 7.32. The summed E-state index contributed by atoms with van der Waals surface area (Å²) in [6, 6.07) is 11.7. The van der Waals surface area contributed by atoms with Gasteiger partial charge in [-0.1, -0.05) is 12.1 Å². The third-order valence-corrected chi connectivity index (χ3v) is 3.75. The molecule has 1 heterocycles. The summed E-state index contributed by atoms with van der Waals surface area (Å²) < 4.78 is 27.8. The number of hydrogen-bond donors (Lipinski definition) is 1. The molecule has 0 saturated carbocycles. The van der Waals surface area contributed by atoms with Crippen LogP contribution in [0.1, 0.15) is 5.56 Å².